The van der Waals surface area contributed by atoms with Crippen LogP contribution in [0, 0.1) is 24.1 Å². The van der Waals surface area contributed by atoms with Gasteiger partial charge in [-0.25, -0.2) is 9.37 Å². The van der Waals surface area contributed by atoms with E-state index in [1.807, 2.05) is 6.92 Å². The number of nitrogens with zero attached hydrogens (tertiary/aromatic N) is 2. The minimum atomic E-state index is -0.267. The molecule has 2 atom stereocenters. The lowest BCUT2D eigenvalue weighted by Gasteiger charge is -2.36. The molecule has 0 unspecified atom stereocenters. The van der Waals surface area contributed by atoms with E-state index in [0.717, 1.165) is 42.9 Å². The molecule has 0 saturated carbocycles. The predicted molar refractivity (Wildman–Crippen MR) is 87.1 cm³/mol. The Labute approximate surface area is 134 Å². The third-order valence-corrected chi connectivity index (χ3v) is 5.42. The highest BCUT2D eigenvalue weighted by Gasteiger charge is 2.48. The molecule has 4 nitrogen and oxygen atoms in total. The number of aliphatic hydroxyl groups is 1. The van der Waals surface area contributed by atoms with Crippen molar-refractivity contribution in [3.8, 4) is 0 Å². The van der Waals surface area contributed by atoms with Crippen molar-refractivity contribution in [1.29, 1.82) is 0 Å². The second-order valence-corrected chi connectivity index (χ2v) is 6.90. The number of aromatic nitrogens is 1. The van der Waals surface area contributed by atoms with Crippen LogP contribution in [0.3, 0.4) is 0 Å². The molecule has 2 fully saturated rings. The molecule has 5 heteroatoms. The van der Waals surface area contributed by atoms with Crippen molar-refractivity contribution in [3.63, 3.8) is 0 Å². The lowest BCUT2D eigenvalue weighted by atomic mass is 9.76. The van der Waals surface area contributed by atoms with Crippen LogP contribution in [0.1, 0.15) is 12.0 Å². The molecule has 2 aliphatic heterocycles. The second kappa shape index (κ2) is 5.42. The highest BCUT2D eigenvalue weighted by atomic mass is 19.1. The lowest BCUT2D eigenvalue weighted by Crippen LogP contribution is -2.43. The van der Waals surface area contributed by atoms with Crippen LogP contribution in [0.4, 0.5) is 10.2 Å². The van der Waals surface area contributed by atoms with E-state index in [1.165, 1.54) is 12.1 Å². The molecule has 1 aromatic heterocycles. The predicted octanol–water partition coefficient (Wildman–Crippen LogP) is 2.52. The summed E-state index contributed by atoms with van der Waals surface area (Å²) in [7, 11) is 0. The summed E-state index contributed by atoms with van der Waals surface area (Å²) >= 11 is 0. The first-order chi connectivity index (χ1) is 11.1. The Morgan fingerprint density at radius 3 is 3.09 bits per heavy atom. The van der Waals surface area contributed by atoms with E-state index in [9.17, 15) is 9.50 Å². The number of hydrogen-bond donors (Lipinski definition) is 1. The molecular formula is C18H21FN2O2. The van der Waals surface area contributed by atoms with Crippen molar-refractivity contribution in [2.24, 2.45) is 11.3 Å². The monoisotopic (exact) mass is 316 g/mol. The number of anilines is 1. The van der Waals surface area contributed by atoms with Crippen molar-refractivity contribution >= 4 is 16.7 Å². The van der Waals surface area contributed by atoms with Crippen molar-refractivity contribution in [3.05, 3.63) is 35.6 Å². The zero-order valence-corrected chi connectivity index (χ0v) is 13.3. The zero-order valence-electron chi connectivity index (χ0n) is 13.3. The van der Waals surface area contributed by atoms with Crippen molar-refractivity contribution < 1.29 is 14.2 Å². The molecule has 0 radical (unpaired) electrons. The van der Waals surface area contributed by atoms with Crippen molar-refractivity contribution in [2.75, 3.05) is 37.8 Å². The number of halogens is 1. The Hall–Kier alpha value is -1.72. The number of ether oxygens (including phenoxy) is 1. The molecule has 0 amide bonds. The number of hydrogen-bond acceptors (Lipinski definition) is 4. The van der Waals surface area contributed by atoms with Gasteiger partial charge in [0.25, 0.3) is 0 Å². The van der Waals surface area contributed by atoms with Gasteiger partial charge in [0.2, 0.25) is 0 Å². The summed E-state index contributed by atoms with van der Waals surface area (Å²) in [6.07, 6.45) is 0.970. The van der Waals surface area contributed by atoms with Crippen LogP contribution in [-0.4, -0.2) is 43.0 Å². The number of aryl methyl sites for hydroxylation is 1. The zero-order chi connectivity index (χ0) is 16.0. The van der Waals surface area contributed by atoms with E-state index in [-0.39, 0.29) is 17.8 Å². The molecule has 1 aromatic carbocycles. The summed E-state index contributed by atoms with van der Waals surface area (Å²) in [5.74, 6) is 1.02. The average Bonchev–Trinajstić information content (AvgIpc) is 2.94. The quantitative estimate of drug-likeness (QED) is 0.925. The van der Waals surface area contributed by atoms with Gasteiger partial charge in [-0.3, -0.25) is 0 Å². The van der Waals surface area contributed by atoms with Crippen LogP contribution in [0.2, 0.25) is 0 Å². The number of rotatable bonds is 2. The van der Waals surface area contributed by atoms with Gasteiger partial charge in [0, 0.05) is 36.6 Å². The molecule has 2 aromatic rings. The second-order valence-electron chi connectivity index (χ2n) is 6.90. The Morgan fingerprint density at radius 2 is 2.30 bits per heavy atom. The van der Waals surface area contributed by atoms with Gasteiger partial charge in [0.1, 0.15) is 11.6 Å². The molecule has 122 valence electrons. The number of aliphatic hydroxyl groups excluding tert-OH is 1. The lowest BCUT2D eigenvalue weighted by molar-refractivity contribution is -0.0543. The summed E-state index contributed by atoms with van der Waals surface area (Å²) in [6.45, 7) is 5.13. The summed E-state index contributed by atoms with van der Waals surface area (Å²) in [4.78, 5) is 6.88. The Kier molecular flexibility index (Phi) is 3.50. The van der Waals surface area contributed by atoms with Gasteiger partial charge in [-0.2, -0.15) is 0 Å². The number of pyridine rings is 1. The fourth-order valence-corrected chi connectivity index (χ4v) is 4.01. The van der Waals surface area contributed by atoms with Crippen molar-refractivity contribution in [2.45, 2.75) is 13.3 Å². The molecule has 0 spiro atoms. The first-order valence-electron chi connectivity index (χ1n) is 8.12. The van der Waals surface area contributed by atoms with Gasteiger partial charge in [0.05, 0.1) is 18.7 Å². The van der Waals surface area contributed by atoms with Gasteiger partial charge < -0.3 is 14.7 Å². The van der Waals surface area contributed by atoms with E-state index in [0.29, 0.717) is 18.0 Å². The van der Waals surface area contributed by atoms with Crippen LogP contribution in [-0.2, 0) is 4.74 Å². The summed E-state index contributed by atoms with van der Waals surface area (Å²) < 4.78 is 19.1. The molecule has 3 heterocycles. The molecule has 4 rings (SSSR count). The molecule has 2 aliphatic rings. The average molecular weight is 316 g/mol. The van der Waals surface area contributed by atoms with E-state index in [2.05, 4.69) is 16.0 Å². The van der Waals surface area contributed by atoms with Gasteiger partial charge >= 0.3 is 0 Å². The van der Waals surface area contributed by atoms with Gasteiger partial charge in [-0.05, 0) is 43.0 Å². The smallest absolute Gasteiger partial charge is 0.129 e. The van der Waals surface area contributed by atoms with Gasteiger partial charge in [-0.15, -0.1) is 0 Å². The van der Waals surface area contributed by atoms with E-state index < -0.39 is 0 Å². The topological polar surface area (TPSA) is 45.6 Å². The van der Waals surface area contributed by atoms with Gasteiger partial charge in [-0.1, -0.05) is 0 Å². The molecule has 2 saturated heterocycles. The molecule has 23 heavy (non-hydrogen) atoms. The fraction of sp³-hybridized carbons (Fsp3) is 0.500. The Morgan fingerprint density at radius 1 is 1.43 bits per heavy atom. The summed E-state index contributed by atoms with van der Waals surface area (Å²) in [5, 5.41) is 10.9. The van der Waals surface area contributed by atoms with Crippen LogP contribution < -0.4 is 4.90 Å². The summed E-state index contributed by atoms with van der Waals surface area (Å²) in [5.41, 5.74) is 1.59. The normalized spacial score (nSPS) is 27.4. The first-order valence-corrected chi connectivity index (χ1v) is 8.12. The third kappa shape index (κ3) is 2.39. The molecule has 1 N–H and O–H groups in total. The standard InChI is InChI=1S/C18H21FN2O2/c1-12-6-17(20-16-7-14(19)2-3-15(12)16)21-8-13-4-5-23-11-18(13,9-21)10-22/h2-3,6-7,13,22H,4-5,8-11H2,1H3/t13-,18+/m0/s1. The molecule has 0 bridgehead atoms. The first kappa shape index (κ1) is 14.8. The van der Waals surface area contributed by atoms with E-state index >= 15 is 0 Å². The van der Waals surface area contributed by atoms with E-state index in [1.54, 1.807) is 6.07 Å². The summed E-state index contributed by atoms with van der Waals surface area (Å²) in [6, 6.07) is 6.80. The fourth-order valence-electron chi connectivity index (χ4n) is 4.01. The largest absolute Gasteiger partial charge is 0.396 e. The third-order valence-electron chi connectivity index (χ3n) is 5.42. The Bertz CT molecular complexity index is 751. The van der Waals surface area contributed by atoms with Crippen LogP contribution in [0.15, 0.2) is 24.3 Å². The maximum absolute atomic E-state index is 13.5. The van der Waals surface area contributed by atoms with Crippen LogP contribution >= 0.6 is 0 Å². The Balaban J connectivity index is 1.72. The maximum Gasteiger partial charge on any atom is 0.129 e. The number of benzene rings is 1. The maximum atomic E-state index is 13.5. The van der Waals surface area contributed by atoms with Crippen LogP contribution in [0.25, 0.3) is 10.9 Å². The highest BCUT2D eigenvalue weighted by Crippen LogP contribution is 2.42. The molecular weight excluding hydrogens is 295 g/mol. The van der Waals surface area contributed by atoms with Crippen molar-refractivity contribution in [1.82, 2.24) is 4.98 Å². The number of fused-ring (bicyclic) bond motifs is 2. The van der Waals surface area contributed by atoms with E-state index in [4.69, 9.17) is 4.74 Å². The minimum Gasteiger partial charge on any atom is -0.396 e. The highest BCUT2D eigenvalue weighted by molar-refractivity contribution is 5.84. The molecule has 0 aliphatic carbocycles. The van der Waals surface area contributed by atoms with Crippen LogP contribution in [0.5, 0.6) is 0 Å². The minimum absolute atomic E-state index is 0.134. The SMILES string of the molecule is Cc1cc(N2C[C@@H]3CCOC[C@]3(CO)C2)nc2cc(F)ccc12. The van der Waals surface area contributed by atoms with Gasteiger partial charge in [0.15, 0.2) is 0 Å².